The van der Waals surface area contributed by atoms with Crippen molar-refractivity contribution in [1.29, 1.82) is 5.26 Å². The van der Waals surface area contributed by atoms with Crippen LogP contribution in [0.4, 0.5) is 13.2 Å². The van der Waals surface area contributed by atoms with E-state index >= 15 is 0 Å². The van der Waals surface area contributed by atoms with Crippen LogP contribution in [-0.2, 0) is 6.18 Å². The lowest BCUT2D eigenvalue weighted by molar-refractivity contribution is -0.137. The number of benzene rings is 1. The first kappa shape index (κ1) is 16.6. The molecular formula is C16H20F3N. The molecule has 1 rings (SSSR count). The molecule has 0 saturated heterocycles. The Morgan fingerprint density at radius 1 is 1.20 bits per heavy atom. The number of rotatable bonds is 5. The number of hydrogen-bond donors (Lipinski definition) is 0. The third-order valence-electron chi connectivity index (χ3n) is 4.03. The Kier molecular flexibility index (Phi) is 5.62. The van der Waals surface area contributed by atoms with E-state index in [-0.39, 0.29) is 5.92 Å². The molecule has 0 N–H and O–H groups in total. The molecule has 0 radical (unpaired) electrons. The molecule has 2 unspecified atom stereocenters. The first-order valence-corrected chi connectivity index (χ1v) is 6.91. The standard InChI is InChI=1S/C16H20F3N/c1-4-12(5-2)11(3)15(10-20)13-7-6-8-14(9-13)16(17,18)19/h6-9,11-12,15H,4-5H2,1-3H3. The van der Waals surface area contributed by atoms with Crippen LogP contribution < -0.4 is 0 Å². The van der Waals surface area contributed by atoms with Crippen molar-refractivity contribution < 1.29 is 13.2 Å². The maximum atomic E-state index is 12.7. The third kappa shape index (κ3) is 3.75. The van der Waals surface area contributed by atoms with Crippen molar-refractivity contribution in [1.82, 2.24) is 0 Å². The van der Waals surface area contributed by atoms with Gasteiger partial charge in [0.25, 0.3) is 0 Å². The van der Waals surface area contributed by atoms with Gasteiger partial charge < -0.3 is 0 Å². The normalized spacial score (nSPS) is 14.9. The average molecular weight is 283 g/mol. The van der Waals surface area contributed by atoms with Crippen LogP contribution in [0.5, 0.6) is 0 Å². The van der Waals surface area contributed by atoms with E-state index in [0.717, 1.165) is 25.0 Å². The van der Waals surface area contributed by atoms with Crippen molar-refractivity contribution in [2.75, 3.05) is 0 Å². The molecule has 0 amide bonds. The number of alkyl halides is 3. The third-order valence-corrected chi connectivity index (χ3v) is 4.03. The van der Waals surface area contributed by atoms with Crippen LogP contribution in [0.2, 0.25) is 0 Å². The summed E-state index contributed by atoms with van der Waals surface area (Å²) in [6.07, 6.45) is -2.52. The highest BCUT2D eigenvalue weighted by Gasteiger charge is 2.32. The Balaban J connectivity index is 3.11. The molecule has 0 aliphatic rings. The average Bonchev–Trinajstić information content (AvgIpc) is 2.40. The van der Waals surface area contributed by atoms with Crippen LogP contribution in [0.25, 0.3) is 0 Å². The molecular weight excluding hydrogens is 263 g/mol. The van der Waals surface area contributed by atoms with Crippen molar-refractivity contribution in [2.24, 2.45) is 11.8 Å². The van der Waals surface area contributed by atoms with Crippen LogP contribution >= 0.6 is 0 Å². The lowest BCUT2D eigenvalue weighted by Crippen LogP contribution is -2.18. The summed E-state index contributed by atoms with van der Waals surface area (Å²) < 4.78 is 38.2. The number of nitriles is 1. The zero-order chi connectivity index (χ0) is 15.3. The molecule has 0 bridgehead atoms. The highest BCUT2D eigenvalue weighted by molar-refractivity contribution is 5.32. The van der Waals surface area contributed by atoms with E-state index in [9.17, 15) is 18.4 Å². The highest BCUT2D eigenvalue weighted by atomic mass is 19.4. The fourth-order valence-electron chi connectivity index (χ4n) is 2.71. The Morgan fingerprint density at radius 3 is 2.25 bits per heavy atom. The van der Waals surface area contributed by atoms with Gasteiger partial charge in [-0.2, -0.15) is 18.4 Å². The second-order valence-corrected chi connectivity index (χ2v) is 5.17. The molecule has 0 heterocycles. The summed E-state index contributed by atoms with van der Waals surface area (Å²) in [7, 11) is 0. The van der Waals surface area contributed by atoms with Crippen LogP contribution in [0, 0.1) is 23.2 Å². The molecule has 1 aromatic rings. The number of nitrogens with zero attached hydrogens (tertiary/aromatic N) is 1. The maximum absolute atomic E-state index is 12.7. The van der Waals surface area contributed by atoms with Gasteiger partial charge in [-0.15, -0.1) is 0 Å². The maximum Gasteiger partial charge on any atom is 0.416 e. The van der Waals surface area contributed by atoms with Gasteiger partial charge in [0, 0.05) is 0 Å². The Hall–Kier alpha value is -1.50. The van der Waals surface area contributed by atoms with Gasteiger partial charge in [0.15, 0.2) is 0 Å². The molecule has 0 fully saturated rings. The van der Waals surface area contributed by atoms with Crippen LogP contribution in [0.15, 0.2) is 24.3 Å². The fraction of sp³-hybridized carbons (Fsp3) is 0.562. The highest BCUT2D eigenvalue weighted by Crippen LogP contribution is 2.36. The summed E-state index contributed by atoms with van der Waals surface area (Å²) in [4.78, 5) is 0. The molecule has 20 heavy (non-hydrogen) atoms. The van der Waals surface area contributed by atoms with Crippen molar-refractivity contribution in [3.05, 3.63) is 35.4 Å². The molecule has 1 aromatic carbocycles. The second kappa shape index (κ2) is 6.78. The molecule has 0 spiro atoms. The smallest absolute Gasteiger partial charge is 0.198 e. The Labute approximate surface area is 118 Å². The van der Waals surface area contributed by atoms with E-state index in [1.807, 2.05) is 20.8 Å². The number of halogens is 3. The van der Waals surface area contributed by atoms with Crippen LogP contribution in [0.1, 0.15) is 50.7 Å². The molecule has 110 valence electrons. The van der Waals surface area contributed by atoms with Gasteiger partial charge in [0.05, 0.1) is 17.6 Å². The second-order valence-electron chi connectivity index (χ2n) is 5.17. The summed E-state index contributed by atoms with van der Waals surface area (Å²) >= 11 is 0. The lowest BCUT2D eigenvalue weighted by Gasteiger charge is -2.26. The quantitative estimate of drug-likeness (QED) is 0.711. The van der Waals surface area contributed by atoms with E-state index in [4.69, 9.17) is 0 Å². The first-order chi connectivity index (χ1) is 9.35. The fourth-order valence-corrected chi connectivity index (χ4v) is 2.71. The van der Waals surface area contributed by atoms with E-state index in [1.165, 1.54) is 6.07 Å². The molecule has 1 nitrogen and oxygen atoms in total. The van der Waals surface area contributed by atoms with Crippen LogP contribution in [0.3, 0.4) is 0 Å². The van der Waals surface area contributed by atoms with Crippen molar-refractivity contribution in [3.63, 3.8) is 0 Å². The van der Waals surface area contributed by atoms with Gasteiger partial charge in [0.2, 0.25) is 0 Å². The predicted molar refractivity (Wildman–Crippen MR) is 73.0 cm³/mol. The summed E-state index contributed by atoms with van der Waals surface area (Å²) in [5, 5.41) is 9.35. The largest absolute Gasteiger partial charge is 0.416 e. The minimum absolute atomic E-state index is 0.0403. The summed E-state index contributed by atoms with van der Waals surface area (Å²) in [6.45, 7) is 6.04. The molecule has 4 heteroatoms. The monoisotopic (exact) mass is 283 g/mol. The predicted octanol–water partition coefficient (Wildman–Crippen LogP) is 5.38. The molecule has 0 aliphatic heterocycles. The van der Waals surface area contributed by atoms with Crippen molar-refractivity contribution >= 4 is 0 Å². The van der Waals surface area contributed by atoms with Gasteiger partial charge in [-0.25, -0.2) is 0 Å². The first-order valence-electron chi connectivity index (χ1n) is 6.91. The SMILES string of the molecule is CCC(CC)C(C)C(C#N)c1cccc(C(F)(F)F)c1. The molecule has 0 saturated carbocycles. The molecule has 0 aliphatic carbocycles. The van der Waals surface area contributed by atoms with E-state index in [1.54, 1.807) is 6.07 Å². The Morgan fingerprint density at radius 2 is 1.80 bits per heavy atom. The zero-order valence-corrected chi connectivity index (χ0v) is 12.0. The number of hydrogen-bond acceptors (Lipinski definition) is 1. The van der Waals surface area contributed by atoms with Crippen molar-refractivity contribution in [2.45, 2.75) is 45.7 Å². The van der Waals surface area contributed by atoms with Crippen LogP contribution in [-0.4, -0.2) is 0 Å². The summed E-state index contributed by atoms with van der Waals surface area (Å²) in [5.74, 6) is -0.116. The minimum Gasteiger partial charge on any atom is -0.198 e. The minimum atomic E-state index is -4.37. The van der Waals surface area contributed by atoms with E-state index < -0.39 is 17.7 Å². The van der Waals surface area contributed by atoms with Crippen molar-refractivity contribution in [3.8, 4) is 6.07 Å². The summed E-state index contributed by atoms with van der Waals surface area (Å²) in [5.41, 5.74) is -0.228. The molecule has 2 atom stereocenters. The lowest BCUT2D eigenvalue weighted by atomic mass is 9.77. The van der Waals surface area contributed by atoms with Gasteiger partial charge in [-0.3, -0.25) is 0 Å². The topological polar surface area (TPSA) is 23.8 Å². The zero-order valence-electron chi connectivity index (χ0n) is 12.0. The van der Waals surface area contributed by atoms with E-state index in [2.05, 4.69) is 6.07 Å². The van der Waals surface area contributed by atoms with Gasteiger partial charge >= 0.3 is 6.18 Å². The van der Waals surface area contributed by atoms with Gasteiger partial charge in [-0.1, -0.05) is 51.8 Å². The van der Waals surface area contributed by atoms with Gasteiger partial charge in [-0.05, 0) is 23.5 Å². The Bertz CT molecular complexity index is 469. The van der Waals surface area contributed by atoms with E-state index in [0.29, 0.717) is 11.5 Å². The molecule has 0 aromatic heterocycles. The van der Waals surface area contributed by atoms with Gasteiger partial charge in [0.1, 0.15) is 0 Å². The summed E-state index contributed by atoms with van der Waals surface area (Å²) in [6, 6.07) is 7.31.